The third kappa shape index (κ3) is 3.37. The molecule has 2 aromatic heterocycles. The highest BCUT2D eigenvalue weighted by Gasteiger charge is 2.56. The highest BCUT2D eigenvalue weighted by atomic mass is 32.1. The molecule has 0 aliphatic heterocycles. The molecule has 2 heterocycles. The largest absolute Gasteiger partial charge is 0.507 e. The van der Waals surface area contributed by atoms with Crippen molar-refractivity contribution in [3.8, 4) is 27.2 Å². The van der Waals surface area contributed by atoms with Crippen molar-refractivity contribution >= 4 is 11.3 Å². The molecular weight excluding hydrogens is 400 g/mol. The zero-order chi connectivity index (χ0) is 20.9. The summed E-state index contributed by atoms with van der Waals surface area (Å²) in [4.78, 5) is 4.04. The summed E-state index contributed by atoms with van der Waals surface area (Å²) in [5.41, 5.74) is 1.86. The molecule has 0 radical (unpaired) electrons. The van der Waals surface area contributed by atoms with E-state index < -0.39 is 0 Å². The predicted octanol–water partition coefficient (Wildman–Crippen LogP) is 4.46. The van der Waals surface area contributed by atoms with Crippen molar-refractivity contribution in [1.29, 1.82) is 0 Å². The first-order valence-electron chi connectivity index (χ1n) is 10.2. The van der Waals surface area contributed by atoms with Gasteiger partial charge in [-0.05, 0) is 48.6 Å². The Balaban J connectivity index is 1.33. The minimum absolute atomic E-state index is 0.104. The molecule has 2 saturated carbocycles. The van der Waals surface area contributed by atoms with Crippen molar-refractivity contribution in [3.05, 3.63) is 36.9 Å². The normalized spacial score (nSPS) is 30.5. The van der Waals surface area contributed by atoms with Gasteiger partial charge in [-0.3, -0.25) is 0 Å². The van der Waals surface area contributed by atoms with E-state index in [1.165, 1.54) is 17.8 Å². The van der Waals surface area contributed by atoms with Crippen LogP contribution in [0.2, 0.25) is 0 Å². The summed E-state index contributed by atoms with van der Waals surface area (Å²) in [6, 6.07) is 5.47. The number of imidazole rings is 1. The van der Waals surface area contributed by atoms with Crippen molar-refractivity contribution in [2.75, 3.05) is 7.11 Å². The van der Waals surface area contributed by atoms with Gasteiger partial charge >= 0.3 is 0 Å². The van der Waals surface area contributed by atoms with Crippen LogP contribution in [0, 0.1) is 10.8 Å². The van der Waals surface area contributed by atoms with Crippen LogP contribution in [0.3, 0.4) is 0 Å². The number of fused-ring (bicyclic) bond motifs is 2. The molecular formula is C22H26N4O3S. The zero-order valence-corrected chi connectivity index (χ0v) is 18.2. The van der Waals surface area contributed by atoms with Crippen molar-refractivity contribution in [2.45, 2.75) is 51.7 Å². The van der Waals surface area contributed by atoms with Gasteiger partial charge in [0.2, 0.25) is 0 Å². The van der Waals surface area contributed by atoms with Crippen molar-refractivity contribution in [3.63, 3.8) is 0 Å². The topological polar surface area (TPSA) is 82.3 Å². The van der Waals surface area contributed by atoms with Crippen LogP contribution in [0.4, 0.5) is 0 Å². The molecule has 3 aromatic rings. The summed E-state index contributed by atoms with van der Waals surface area (Å²) < 4.78 is 13.9. The Morgan fingerprint density at radius 2 is 2.07 bits per heavy atom. The van der Waals surface area contributed by atoms with Gasteiger partial charge in [0.25, 0.3) is 5.19 Å². The lowest BCUT2D eigenvalue weighted by molar-refractivity contribution is -0.0140. The molecule has 4 atom stereocenters. The Kier molecular flexibility index (Phi) is 4.59. The fourth-order valence-electron chi connectivity index (χ4n) is 5.59. The third-order valence-electron chi connectivity index (χ3n) is 6.67. The number of hydrogen-bond donors (Lipinski definition) is 1. The van der Waals surface area contributed by atoms with E-state index in [1.807, 2.05) is 30.0 Å². The van der Waals surface area contributed by atoms with Crippen LogP contribution in [0.15, 0.2) is 36.9 Å². The third-order valence-corrected chi connectivity index (χ3v) is 7.52. The van der Waals surface area contributed by atoms with Crippen LogP contribution in [-0.4, -0.2) is 44.2 Å². The highest BCUT2D eigenvalue weighted by molar-refractivity contribution is 7.16. The standard InChI is InChI=1S/C22H26N4O3S/c1-21-9-15(10-22(2,12-21)18(11-21)28-3)29-20-25-24-19(30-20)16-5-4-14(8-17(16)27)26-7-6-23-13-26/h4-8,13,15,18,27H,9-12H2,1-3H3/t15-,18-,21+,22+/m0/s1. The van der Waals surface area contributed by atoms with Crippen molar-refractivity contribution in [2.24, 2.45) is 10.8 Å². The van der Waals surface area contributed by atoms with Gasteiger partial charge in [0.05, 0.1) is 23.7 Å². The van der Waals surface area contributed by atoms with E-state index in [2.05, 4.69) is 29.0 Å². The quantitative estimate of drug-likeness (QED) is 0.649. The maximum Gasteiger partial charge on any atom is 0.294 e. The molecule has 1 N–H and O–H groups in total. The van der Waals surface area contributed by atoms with Crippen LogP contribution in [-0.2, 0) is 4.74 Å². The Morgan fingerprint density at radius 3 is 2.80 bits per heavy atom. The van der Waals surface area contributed by atoms with Crippen molar-refractivity contribution < 1.29 is 14.6 Å². The molecule has 158 valence electrons. The molecule has 2 bridgehead atoms. The van der Waals surface area contributed by atoms with E-state index in [9.17, 15) is 5.11 Å². The minimum Gasteiger partial charge on any atom is -0.507 e. The van der Waals surface area contributed by atoms with Gasteiger partial charge in [-0.15, -0.1) is 5.10 Å². The smallest absolute Gasteiger partial charge is 0.294 e. The summed E-state index contributed by atoms with van der Waals surface area (Å²) in [6.45, 7) is 4.65. The maximum atomic E-state index is 10.5. The van der Waals surface area contributed by atoms with Crippen LogP contribution in [0.25, 0.3) is 16.3 Å². The number of aromatic hydroxyl groups is 1. The van der Waals surface area contributed by atoms with Gasteiger partial charge in [0, 0.05) is 25.6 Å². The van der Waals surface area contributed by atoms with E-state index in [0.29, 0.717) is 15.8 Å². The van der Waals surface area contributed by atoms with Gasteiger partial charge < -0.3 is 19.1 Å². The van der Waals surface area contributed by atoms with Gasteiger partial charge in [-0.1, -0.05) is 30.3 Å². The number of aromatic nitrogens is 4. The monoisotopic (exact) mass is 426 g/mol. The molecule has 0 spiro atoms. The molecule has 2 aliphatic rings. The average molecular weight is 427 g/mol. The predicted molar refractivity (Wildman–Crippen MR) is 114 cm³/mol. The number of rotatable bonds is 5. The summed E-state index contributed by atoms with van der Waals surface area (Å²) in [5.74, 6) is 0.155. The lowest BCUT2D eigenvalue weighted by Crippen LogP contribution is -2.38. The van der Waals surface area contributed by atoms with Gasteiger partial charge in [0.1, 0.15) is 11.9 Å². The van der Waals surface area contributed by atoms with Crippen LogP contribution in [0.5, 0.6) is 10.9 Å². The number of phenols is 1. The molecule has 5 rings (SSSR count). The Hall–Kier alpha value is -2.45. The van der Waals surface area contributed by atoms with E-state index in [0.717, 1.165) is 24.9 Å². The molecule has 0 unspecified atom stereocenters. The van der Waals surface area contributed by atoms with E-state index >= 15 is 0 Å². The van der Waals surface area contributed by atoms with Crippen LogP contribution in [0.1, 0.15) is 39.5 Å². The van der Waals surface area contributed by atoms with Crippen LogP contribution >= 0.6 is 11.3 Å². The molecule has 2 fully saturated rings. The number of phenolic OH excluding ortho intramolecular Hbond substituents is 1. The number of nitrogens with zero attached hydrogens (tertiary/aromatic N) is 4. The van der Waals surface area contributed by atoms with Gasteiger partial charge in [-0.2, -0.15) is 0 Å². The first-order valence-corrected chi connectivity index (χ1v) is 11.0. The lowest BCUT2D eigenvalue weighted by atomic mass is 9.69. The first-order chi connectivity index (χ1) is 14.4. The summed E-state index contributed by atoms with van der Waals surface area (Å²) in [5, 5.41) is 20.2. The Bertz CT molecular complexity index is 1050. The number of methoxy groups -OCH3 is 1. The Labute approximate surface area is 179 Å². The molecule has 30 heavy (non-hydrogen) atoms. The van der Waals surface area contributed by atoms with Gasteiger partial charge in [-0.25, -0.2) is 4.98 Å². The Morgan fingerprint density at radius 1 is 1.20 bits per heavy atom. The molecule has 1 aromatic carbocycles. The second-order valence-electron chi connectivity index (χ2n) is 9.26. The minimum atomic E-state index is 0.104. The molecule has 8 heteroatoms. The summed E-state index contributed by atoms with van der Waals surface area (Å²) >= 11 is 1.37. The summed E-state index contributed by atoms with van der Waals surface area (Å²) in [7, 11) is 1.82. The molecule has 7 nitrogen and oxygen atoms in total. The van der Waals surface area contributed by atoms with Crippen LogP contribution < -0.4 is 4.74 Å². The first kappa shape index (κ1) is 19.5. The van der Waals surface area contributed by atoms with E-state index in [4.69, 9.17) is 9.47 Å². The van der Waals surface area contributed by atoms with Crippen molar-refractivity contribution in [1.82, 2.24) is 19.7 Å². The fraction of sp³-hybridized carbons (Fsp3) is 0.500. The van der Waals surface area contributed by atoms with Gasteiger partial charge in [0.15, 0.2) is 5.01 Å². The summed E-state index contributed by atoms with van der Waals surface area (Å²) in [6.07, 6.45) is 9.83. The van der Waals surface area contributed by atoms with E-state index in [1.54, 1.807) is 18.6 Å². The lowest BCUT2D eigenvalue weighted by Gasteiger charge is -2.40. The molecule has 0 amide bonds. The number of ether oxygens (including phenoxy) is 2. The maximum absolute atomic E-state index is 10.5. The second kappa shape index (κ2) is 7.06. The highest BCUT2D eigenvalue weighted by Crippen LogP contribution is 2.59. The van der Waals surface area contributed by atoms with E-state index in [-0.39, 0.29) is 28.8 Å². The molecule has 2 aliphatic carbocycles. The average Bonchev–Trinajstić information content (AvgIpc) is 3.40. The zero-order valence-electron chi connectivity index (χ0n) is 17.4. The fourth-order valence-corrected chi connectivity index (χ4v) is 6.38. The second-order valence-corrected chi connectivity index (χ2v) is 10.2. The molecule has 0 saturated heterocycles. The number of hydrogen-bond acceptors (Lipinski definition) is 7. The SMILES string of the molecule is CO[C@H]1C[C@@]2(C)C[C@H](Oc3nnc(-c4ccc(-n5ccnc5)cc4O)s3)C[C@]1(C)C2. The number of benzene rings is 1.